The molecule has 0 radical (unpaired) electrons. The van der Waals surface area contributed by atoms with Crippen molar-refractivity contribution in [1.29, 1.82) is 0 Å². The fourth-order valence-electron chi connectivity index (χ4n) is 2.97. The van der Waals surface area contributed by atoms with Crippen molar-refractivity contribution in [2.24, 2.45) is 5.92 Å². The first-order valence-electron chi connectivity index (χ1n) is 8.26. The van der Waals surface area contributed by atoms with Gasteiger partial charge >= 0.3 is 6.03 Å². The number of urea groups is 1. The molecule has 0 aromatic heterocycles. The average molecular weight is 335 g/mol. The van der Waals surface area contributed by atoms with E-state index < -0.39 is 0 Å². The smallest absolute Gasteiger partial charge is 0.321 e. The van der Waals surface area contributed by atoms with Crippen molar-refractivity contribution in [2.75, 3.05) is 25.5 Å². The number of hydrogen-bond donors (Lipinski definition) is 3. The van der Waals surface area contributed by atoms with Crippen LogP contribution in [-0.4, -0.2) is 42.2 Å². The molecule has 1 saturated heterocycles. The zero-order valence-electron chi connectivity index (χ0n) is 14.0. The van der Waals surface area contributed by atoms with E-state index >= 15 is 0 Å². The molecule has 3 amide bonds. The Morgan fingerprint density at radius 3 is 2.67 bits per heavy atom. The maximum Gasteiger partial charge on any atom is 0.321 e. The van der Waals surface area contributed by atoms with Gasteiger partial charge in [0, 0.05) is 19.5 Å². The lowest BCUT2D eigenvalue weighted by atomic mass is 9.91. The van der Waals surface area contributed by atoms with Gasteiger partial charge in [0.05, 0.1) is 12.8 Å². The van der Waals surface area contributed by atoms with Crippen molar-refractivity contribution < 1.29 is 19.5 Å². The lowest BCUT2D eigenvalue weighted by molar-refractivity contribution is -0.129. The molecular weight excluding hydrogens is 310 g/mol. The van der Waals surface area contributed by atoms with E-state index in [0.717, 1.165) is 25.7 Å². The van der Waals surface area contributed by atoms with E-state index in [2.05, 4.69) is 5.32 Å². The van der Waals surface area contributed by atoms with E-state index in [1.54, 1.807) is 12.6 Å². The highest BCUT2D eigenvalue weighted by atomic mass is 16.5. The molecule has 132 valence electrons. The summed E-state index contributed by atoms with van der Waals surface area (Å²) < 4.78 is 5.24. The van der Waals surface area contributed by atoms with Gasteiger partial charge in [0.2, 0.25) is 5.91 Å². The zero-order chi connectivity index (χ0) is 17.4. The second-order valence-electron chi connectivity index (χ2n) is 5.99. The van der Waals surface area contributed by atoms with Crippen LogP contribution in [0, 0.1) is 5.92 Å². The lowest BCUT2D eigenvalue weighted by Crippen LogP contribution is -2.41. The molecule has 0 atom stereocenters. The third kappa shape index (κ3) is 5.13. The number of hydroxylamine groups is 1. The monoisotopic (exact) mass is 335 g/mol. The molecule has 7 nitrogen and oxygen atoms in total. The number of amides is 3. The van der Waals surface area contributed by atoms with Gasteiger partial charge in [0.1, 0.15) is 5.75 Å². The molecule has 7 heteroatoms. The molecule has 1 aliphatic heterocycles. The SMILES string of the molecule is COc1ccccc1NC(=O)N1CCC(CCCC(=O)NO)CC1. The van der Waals surface area contributed by atoms with Crippen molar-refractivity contribution in [3.05, 3.63) is 24.3 Å². The molecule has 0 aliphatic carbocycles. The maximum atomic E-state index is 12.4. The molecule has 0 unspecified atom stereocenters. The van der Waals surface area contributed by atoms with Gasteiger partial charge in [-0.05, 0) is 43.7 Å². The fraction of sp³-hybridized carbons (Fsp3) is 0.529. The summed E-state index contributed by atoms with van der Waals surface area (Å²) in [6.07, 6.45) is 3.89. The lowest BCUT2D eigenvalue weighted by Gasteiger charge is -2.32. The Balaban J connectivity index is 1.75. The maximum absolute atomic E-state index is 12.4. The minimum atomic E-state index is -0.344. The van der Waals surface area contributed by atoms with Crippen molar-refractivity contribution in [1.82, 2.24) is 10.4 Å². The Hall–Kier alpha value is -2.28. The Labute approximate surface area is 141 Å². The van der Waals surface area contributed by atoms with Gasteiger partial charge in [-0.1, -0.05) is 12.1 Å². The average Bonchev–Trinajstić information content (AvgIpc) is 2.62. The molecule has 1 fully saturated rings. The molecule has 2 rings (SSSR count). The van der Waals surface area contributed by atoms with Crippen LogP contribution in [0.5, 0.6) is 5.75 Å². The largest absolute Gasteiger partial charge is 0.495 e. The molecule has 1 aliphatic rings. The van der Waals surface area contributed by atoms with E-state index in [0.29, 0.717) is 36.9 Å². The van der Waals surface area contributed by atoms with Crippen LogP contribution in [0.3, 0.4) is 0 Å². The number of nitrogens with one attached hydrogen (secondary N) is 2. The van der Waals surface area contributed by atoms with Gasteiger partial charge in [-0.15, -0.1) is 0 Å². The van der Waals surface area contributed by atoms with Gasteiger partial charge in [-0.2, -0.15) is 0 Å². The Kier molecular flexibility index (Phi) is 6.87. The molecule has 0 spiro atoms. The summed E-state index contributed by atoms with van der Waals surface area (Å²) in [5.74, 6) is 0.818. The van der Waals surface area contributed by atoms with Gasteiger partial charge in [0.25, 0.3) is 0 Å². The number of carbonyl (C=O) groups excluding carboxylic acids is 2. The van der Waals surface area contributed by atoms with Crippen LogP contribution in [-0.2, 0) is 4.79 Å². The number of para-hydroxylation sites is 2. The highest BCUT2D eigenvalue weighted by molar-refractivity contribution is 5.91. The molecular formula is C17H25N3O4. The first-order valence-corrected chi connectivity index (χ1v) is 8.26. The predicted octanol–water partition coefficient (Wildman–Crippen LogP) is 2.61. The topological polar surface area (TPSA) is 90.9 Å². The molecule has 1 aromatic carbocycles. The number of likely N-dealkylation sites (tertiary alicyclic amines) is 1. The molecule has 3 N–H and O–H groups in total. The van der Waals surface area contributed by atoms with Gasteiger partial charge in [-0.25, -0.2) is 10.3 Å². The predicted molar refractivity (Wildman–Crippen MR) is 90.1 cm³/mol. The third-order valence-electron chi connectivity index (χ3n) is 4.39. The Morgan fingerprint density at radius 2 is 2.00 bits per heavy atom. The van der Waals surface area contributed by atoms with Crippen LogP contribution < -0.4 is 15.5 Å². The molecule has 1 heterocycles. The summed E-state index contributed by atoms with van der Waals surface area (Å²) >= 11 is 0. The van der Waals surface area contributed by atoms with E-state index in [9.17, 15) is 9.59 Å². The molecule has 1 aromatic rings. The van der Waals surface area contributed by atoms with Crippen LogP contribution in [0.25, 0.3) is 0 Å². The quantitative estimate of drug-likeness (QED) is 0.550. The van der Waals surface area contributed by atoms with E-state index in [1.807, 2.05) is 29.2 Å². The highest BCUT2D eigenvalue weighted by Crippen LogP contribution is 2.26. The molecule has 0 bridgehead atoms. The number of ether oxygens (including phenoxy) is 1. The third-order valence-corrected chi connectivity index (χ3v) is 4.39. The fourth-order valence-corrected chi connectivity index (χ4v) is 2.97. The summed E-state index contributed by atoms with van der Waals surface area (Å²) in [5.41, 5.74) is 2.32. The second-order valence-corrected chi connectivity index (χ2v) is 5.99. The number of anilines is 1. The summed E-state index contributed by atoms with van der Waals surface area (Å²) in [5, 5.41) is 11.4. The number of rotatable bonds is 6. The van der Waals surface area contributed by atoms with Crippen LogP contribution >= 0.6 is 0 Å². The summed E-state index contributed by atoms with van der Waals surface area (Å²) in [7, 11) is 1.58. The number of carbonyl (C=O) groups is 2. The van der Waals surface area contributed by atoms with Crippen LogP contribution in [0.15, 0.2) is 24.3 Å². The normalized spacial score (nSPS) is 15.0. The van der Waals surface area contributed by atoms with Crippen molar-refractivity contribution in [2.45, 2.75) is 32.1 Å². The van der Waals surface area contributed by atoms with Gasteiger partial charge in [-0.3, -0.25) is 10.0 Å². The Morgan fingerprint density at radius 1 is 1.29 bits per heavy atom. The summed E-state index contributed by atoms with van der Waals surface area (Å²) in [6, 6.07) is 7.22. The standard InChI is InChI=1S/C17H25N3O4/c1-24-15-7-3-2-6-14(15)18-17(22)20-11-9-13(10-12-20)5-4-8-16(21)19-23/h2-3,6-7,13,23H,4-5,8-12H2,1H3,(H,18,22)(H,19,21). The minimum absolute atomic E-state index is 0.113. The van der Waals surface area contributed by atoms with Crippen molar-refractivity contribution in [3.63, 3.8) is 0 Å². The molecule has 0 saturated carbocycles. The van der Waals surface area contributed by atoms with Crippen molar-refractivity contribution in [3.8, 4) is 5.75 Å². The van der Waals surface area contributed by atoms with Gasteiger partial charge in [0.15, 0.2) is 0 Å². The van der Waals surface area contributed by atoms with Crippen LogP contribution in [0.4, 0.5) is 10.5 Å². The zero-order valence-corrected chi connectivity index (χ0v) is 14.0. The molecule has 24 heavy (non-hydrogen) atoms. The minimum Gasteiger partial charge on any atom is -0.495 e. The number of nitrogens with zero attached hydrogens (tertiary/aromatic N) is 1. The van der Waals surface area contributed by atoms with E-state index in [1.165, 1.54) is 0 Å². The summed E-state index contributed by atoms with van der Waals surface area (Å²) in [4.78, 5) is 25.2. The van der Waals surface area contributed by atoms with Gasteiger partial charge < -0.3 is 15.0 Å². The van der Waals surface area contributed by atoms with E-state index in [-0.39, 0.29) is 11.9 Å². The number of methoxy groups -OCH3 is 1. The number of piperidine rings is 1. The number of benzene rings is 1. The first-order chi connectivity index (χ1) is 11.6. The second kappa shape index (κ2) is 9.12. The van der Waals surface area contributed by atoms with E-state index in [4.69, 9.17) is 9.94 Å². The van der Waals surface area contributed by atoms with Crippen LogP contribution in [0.2, 0.25) is 0 Å². The Bertz CT molecular complexity index is 557. The highest BCUT2D eigenvalue weighted by Gasteiger charge is 2.23. The first kappa shape index (κ1) is 18.1. The van der Waals surface area contributed by atoms with Crippen molar-refractivity contribution >= 4 is 17.6 Å². The number of hydrogen-bond acceptors (Lipinski definition) is 4. The van der Waals surface area contributed by atoms with Crippen LogP contribution in [0.1, 0.15) is 32.1 Å². The summed E-state index contributed by atoms with van der Waals surface area (Å²) in [6.45, 7) is 1.41.